The van der Waals surface area contributed by atoms with E-state index in [1.807, 2.05) is 0 Å². The highest BCUT2D eigenvalue weighted by Gasteiger charge is 2.12. The lowest BCUT2D eigenvalue weighted by Crippen LogP contribution is -2.17. The van der Waals surface area contributed by atoms with Gasteiger partial charge < -0.3 is 9.53 Å². The summed E-state index contributed by atoms with van der Waals surface area (Å²) in [4.78, 5) is 21.6. The molecule has 1 atom stereocenters. The van der Waals surface area contributed by atoms with Crippen LogP contribution in [0.15, 0.2) is 12.2 Å². The van der Waals surface area contributed by atoms with Crippen molar-refractivity contribution in [1.29, 1.82) is 0 Å². The number of carbonyl (C=O) groups excluding carboxylic acids is 2. The molecule has 0 amide bonds. The lowest BCUT2D eigenvalue weighted by atomic mass is 10.1. The molecule has 0 N–H and O–H groups in total. The van der Waals surface area contributed by atoms with E-state index in [0.29, 0.717) is 19.3 Å². The van der Waals surface area contributed by atoms with Crippen molar-refractivity contribution in [2.45, 2.75) is 46.1 Å². The molecule has 0 rings (SSSR count). The zero-order valence-corrected chi connectivity index (χ0v) is 8.63. The molecule has 0 aliphatic carbocycles. The van der Waals surface area contributed by atoms with E-state index in [1.165, 1.54) is 13.8 Å². The minimum atomic E-state index is -2.35. The number of Topliss-reactive ketones (excluding diaryl/α,β-unsaturated/α-hetero) is 1. The molecular formula is C11H18O3. The highest BCUT2D eigenvalue weighted by atomic mass is 16.5. The fraction of sp³-hybridized carbons (Fsp3) is 0.636. The third kappa shape index (κ3) is 6.40. The molecule has 0 aromatic rings. The molecule has 3 nitrogen and oxygen atoms in total. The molecule has 0 saturated heterocycles. The van der Waals surface area contributed by atoms with Crippen LogP contribution >= 0.6 is 0 Å². The summed E-state index contributed by atoms with van der Waals surface area (Å²) in [6.45, 7) is 3.77. The van der Waals surface area contributed by atoms with Gasteiger partial charge in [-0.3, -0.25) is 4.79 Å². The van der Waals surface area contributed by atoms with Crippen molar-refractivity contribution in [1.82, 2.24) is 0 Å². The zero-order valence-electron chi connectivity index (χ0n) is 11.6. The summed E-state index contributed by atoms with van der Waals surface area (Å²) < 4.78 is 26.5. The lowest BCUT2D eigenvalue weighted by Gasteiger charge is -2.16. The van der Waals surface area contributed by atoms with Crippen molar-refractivity contribution in [3.8, 4) is 0 Å². The number of rotatable bonds is 6. The zero-order chi connectivity index (χ0) is 13.6. The molecule has 0 aromatic heterocycles. The van der Waals surface area contributed by atoms with Crippen molar-refractivity contribution in [3.63, 3.8) is 0 Å². The van der Waals surface area contributed by atoms with Crippen LogP contribution in [0.1, 0.15) is 44.1 Å². The third-order valence-corrected chi connectivity index (χ3v) is 1.69. The SMILES string of the molecule is [2H]C([2H])([2H])C(=C)C(CCCC(C)=O)OC(C)=O. The van der Waals surface area contributed by atoms with Crippen LogP contribution < -0.4 is 0 Å². The molecule has 14 heavy (non-hydrogen) atoms. The van der Waals surface area contributed by atoms with E-state index in [-0.39, 0.29) is 11.4 Å². The fourth-order valence-electron chi connectivity index (χ4n) is 1.04. The summed E-state index contributed by atoms with van der Waals surface area (Å²) in [5, 5.41) is 0. The van der Waals surface area contributed by atoms with Gasteiger partial charge in [0.15, 0.2) is 0 Å². The minimum absolute atomic E-state index is 0.0195. The monoisotopic (exact) mass is 201 g/mol. The van der Waals surface area contributed by atoms with Crippen molar-refractivity contribution in [2.24, 2.45) is 0 Å². The molecule has 0 aromatic carbocycles. The Morgan fingerprint density at radius 3 is 2.57 bits per heavy atom. The molecule has 0 bridgehead atoms. The number of hydrogen-bond donors (Lipinski definition) is 0. The molecule has 0 saturated carbocycles. The highest BCUT2D eigenvalue weighted by Crippen LogP contribution is 2.12. The molecule has 3 heteroatoms. The van der Waals surface area contributed by atoms with E-state index in [0.717, 1.165) is 0 Å². The van der Waals surface area contributed by atoms with Gasteiger partial charge in [0.25, 0.3) is 0 Å². The number of ketones is 1. The molecule has 0 aliphatic rings. The smallest absolute Gasteiger partial charge is 0.303 e. The number of esters is 1. The Morgan fingerprint density at radius 2 is 2.14 bits per heavy atom. The number of hydrogen-bond acceptors (Lipinski definition) is 3. The van der Waals surface area contributed by atoms with E-state index in [1.54, 1.807) is 0 Å². The summed E-state index contributed by atoms with van der Waals surface area (Å²) in [5.74, 6) is -0.533. The quantitative estimate of drug-likeness (QED) is 0.489. The van der Waals surface area contributed by atoms with Crippen LogP contribution in [-0.4, -0.2) is 17.9 Å². The van der Waals surface area contributed by atoms with Gasteiger partial charge in [0.05, 0.1) is 0 Å². The maximum Gasteiger partial charge on any atom is 0.303 e. The van der Waals surface area contributed by atoms with Gasteiger partial charge in [-0.1, -0.05) is 6.58 Å². The molecule has 1 unspecified atom stereocenters. The van der Waals surface area contributed by atoms with E-state index in [4.69, 9.17) is 8.85 Å². The first-order chi connectivity index (χ1) is 7.64. The van der Waals surface area contributed by atoms with Crippen molar-refractivity contribution >= 4 is 11.8 Å². The summed E-state index contributed by atoms with van der Waals surface area (Å²) in [5.41, 5.74) is -0.101. The molecule has 0 spiro atoms. The average molecular weight is 201 g/mol. The Balaban J connectivity index is 4.48. The number of carbonyl (C=O) groups is 2. The van der Waals surface area contributed by atoms with Crippen molar-refractivity contribution in [2.75, 3.05) is 0 Å². The molecule has 0 fully saturated rings. The maximum absolute atomic E-state index is 10.9. The van der Waals surface area contributed by atoms with E-state index in [9.17, 15) is 9.59 Å². The topological polar surface area (TPSA) is 43.4 Å². The first-order valence-electron chi connectivity index (χ1n) is 6.00. The first-order valence-corrected chi connectivity index (χ1v) is 4.50. The fourth-order valence-corrected chi connectivity index (χ4v) is 1.04. The van der Waals surface area contributed by atoms with Crippen LogP contribution in [-0.2, 0) is 14.3 Å². The van der Waals surface area contributed by atoms with Crippen LogP contribution in [0.25, 0.3) is 0 Å². The van der Waals surface area contributed by atoms with Gasteiger partial charge >= 0.3 is 5.97 Å². The molecule has 0 aliphatic heterocycles. The van der Waals surface area contributed by atoms with Crippen LogP contribution in [0.2, 0.25) is 0 Å². The largest absolute Gasteiger partial charge is 0.458 e. The average Bonchev–Trinajstić information content (AvgIpc) is 2.12. The normalized spacial score (nSPS) is 16.0. The Morgan fingerprint density at radius 1 is 1.50 bits per heavy atom. The maximum atomic E-state index is 10.9. The van der Waals surface area contributed by atoms with Crippen LogP contribution in [0.3, 0.4) is 0 Å². The van der Waals surface area contributed by atoms with Crippen molar-refractivity contribution < 1.29 is 18.4 Å². The Hall–Kier alpha value is -1.12. The van der Waals surface area contributed by atoms with Crippen LogP contribution in [0.5, 0.6) is 0 Å². The van der Waals surface area contributed by atoms with E-state index in [2.05, 4.69) is 6.58 Å². The Bertz CT molecular complexity index is 308. The number of ether oxygens (including phenoxy) is 1. The predicted molar refractivity (Wildman–Crippen MR) is 54.9 cm³/mol. The molecule has 0 heterocycles. The van der Waals surface area contributed by atoms with Gasteiger partial charge in [0.1, 0.15) is 11.9 Å². The van der Waals surface area contributed by atoms with Gasteiger partial charge in [-0.25, -0.2) is 0 Å². The standard InChI is InChI=1S/C11H18O3/c1-8(2)11(14-10(4)13)7-5-6-9(3)12/h11H,1,5-7H2,2-4H3/i2D3. The molecule has 0 radical (unpaired) electrons. The molecular weight excluding hydrogens is 180 g/mol. The predicted octanol–water partition coefficient (Wildman–Crippen LogP) is 2.25. The van der Waals surface area contributed by atoms with Gasteiger partial charge in [0, 0.05) is 17.5 Å². The second-order valence-corrected chi connectivity index (χ2v) is 3.22. The van der Waals surface area contributed by atoms with Gasteiger partial charge in [-0.05, 0) is 32.2 Å². The summed E-state index contributed by atoms with van der Waals surface area (Å²) in [6, 6.07) is 0. The Kier molecular flexibility index (Phi) is 3.72. The van der Waals surface area contributed by atoms with Crippen molar-refractivity contribution in [3.05, 3.63) is 12.2 Å². The summed E-state index contributed by atoms with van der Waals surface area (Å²) in [6.07, 6.45) is 0.268. The van der Waals surface area contributed by atoms with Crippen LogP contribution in [0, 0.1) is 0 Å². The molecule has 80 valence electrons. The minimum Gasteiger partial charge on any atom is -0.458 e. The lowest BCUT2D eigenvalue weighted by molar-refractivity contribution is -0.144. The van der Waals surface area contributed by atoms with E-state index >= 15 is 0 Å². The second kappa shape index (κ2) is 6.35. The van der Waals surface area contributed by atoms with Crippen LogP contribution in [0.4, 0.5) is 0 Å². The van der Waals surface area contributed by atoms with Gasteiger partial charge in [0.2, 0.25) is 0 Å². The highest BCUT2D eigenvalue weighted by molar-refractivity contribution is 5.75. The van der Waals surface area contributed by atoms with Gasteiger partial charge in [-0.2, -0.15) is 0 Å². The van der Waals surface area contributed by atoms with E-state index < -0.39 is 18.9 Å². The third-order valence-electron chi connectivity index (χ3n) is 1.69. The second-order valence-electron chi connectivity index (χ2n) is 3.22. The van der Waals surface area contributed by atoms with Gasteiger partial charge in [-0.15, -0.1) is 0 Å². The summed E-state index contributed by atoms with van der Waals surface area (Å²) in [7, 11) is 0. The summed E-state index contributed by atoms with van der Waals surface area (Å²) >= 11 is 0. The Labute approximate surface area is 89.4 Å². The first kappa shape index (κ1) is 8.21.